The van der Waals surface area contributed by atoms with Gasteiger partial charge in [-0.2, -0.15) is 0 Å². The van der Waals surface area contributed by atoms with Crippen molar-refractivity contribution in [1.29, 1.82) is 0 Å². The zero-order valence-corrected chi connectivity index (χ0v) is 10.6. The van der Waals surface area contributed by atoms with Crippen LogP contribution in [-0.4, -0.2) is 46.7 Å². The van der Waals surface area contributed by atoms with Gasteiger partial charge in [0, 0.05) is 48.1 Å². The molecule has 0 bridgehead atoms. The second kappa shape index (κ2) is 5.31. The summed E-state index contributed by atoms with van der Waals surface area (Å²) in [6.45, 7) is 1.17. The lowest BCUT2D eigenvalue weighted by Crippen LogP contribution is -2.41. The smallest absolute Gasteiger partial charge is 0.256 e. The predicted octanol–water partition coefficient (Wildman–Crippen LogP) is 0.933. The Kier molecular flexibility index (Phi) is 3.78. The fourth-order valence-corrected chi connectivity index (χ4v) is 2.95. The molecule has 0 spiro atoms. The van der Waals surface area contributed by atoms with Crippen molar-refractivity contribution in [2.45, 2.75) is 0 Å². The summed E-state index contributed by atoms with van der Waals surface area (Å²) in [5.74, 6) is 1.20. The van der Waals surface area contributed by atoms with Gasteiger partial charge in [0.2, 0.25) is 0 Å². The van der Waals surface area contributed by atoms with Crippen LogP contribution in [0, 0.1) is 0 Å². The molecule has 0 radical (unpaired) electrons. The monoisotopic (exact) mass is 252 g/mol. The molecule has 1 fully saturated rings. The fraction of sp³-hybridized carbons (Fsp3) is 0.417. The zero-order valence-electron chi connectivity index (χ0n) is 9.81. The number of hydrogen-bond donors (Lipinski definition) is 1. The van der Waals surface area contributed by atoms with E-state index in [0.717, 1.165) is 5.69 Å². The van der Waals surface area contributed by atoms with Gasteiger partial charge >= 0.3 is 0 Å². The molecule has 0 saturated carbocycles. The Morgan fingerprint density at radius 3 is 2.59 bits per heavy atom. The SMILES string of the molecule is CNc1ccccc1C(=O)N1CCS(=O)CC1. The summed E-state index contributed by atoms with van der Waals surface area (Å²) in [6.07, 6.45) is 0. The third-order valence-electron chi connectivity index (χ3n) is 2.89. The van der Waals surface area contributed by atoms with Crippen molar-refractivity contribution >= 4 is 22.4 Å². The standard InChI is InChI=1S/C12H16N2O2S/c1-13-11-5-3-2-4-10(11)12(15)14-6-8-17(16)9-7-14/h2-5,13H,6-9H2,1H3. The van der Waals surface area contributed by atoms with Crippen molar-refractivity contribution < 1.29 is 9.00 Å². The number of amides is 1. The maximum absolute atomic E-state index is 12.3. The number of rotatable bonds is 2. The number of benzene rings is 1. The van der Waals surface area contributed by atoms with E-state index in [1.54, 1.807) is 11.9 Å². The highest BCUT2D eigenvalue weighted by atomic mass is 32.2. The Morgan fingerprint density at radius 1 is 1.29 bits per heavy atom. The van der Waals surface area contributed by atoms with Gasteiger partial charge in [0.05, 0.1) is 5.56 Å². The molecule has 0 aromatic heterocycles. The van der Waals surface area contributed by atoms with Gasteiger partial charge in [0.25, 0.3) is 5.91 Å². The van der Waals surface area contributed by atoms with Crippen molar-refractivity contribution in [3.8, 4) is 0 Å². The van der Waals surface area contributed by atoms with Gasteiger partial charge in [-0.05, 0) is 12.1 Å². The third-order valence-corrected chi connectivity index (χ3v) is 4.17. The quantitative estimate of drug-likeness (QED) is 0.852. The molecule has 1 heterocycles. The number of para-hydroxylation sites is 1. The Hall–Kier alpha value is -1.36. The van der Waals surface area contributed by atoms with Crippen LogP contribution in [0.5, 0.6) is 0 Å². The Labute approximate surface area is 103 Å². The van der Waals surface area contributed by atoms with Crippen LogP contribution in [0.25, 0.3) is 0 Å². The molecule has 1 saturated heterocycles. The number of hydrogen-bond acceptors (Lipinski definition) is 3. The molecule has 0 atom stereocenters. The minimum Gasteiger partial charge on any atom is -0.387 e. The third kappa shape index (κ3) is 2.66. The van der Waals surface area contributed by atoms with E-state index in [4.69, 9.17) is 0 Å². The van der Waals surface area contributed by atoms with Crippen molar-refractivity contribution in [3.63, 3.8) is 0 Å². The van der Waals surface area contributed by atoms with Crippen molar-refractivity contribution in [2.75, 3.05) is 37.0 Å². The number of nitrogens with one attached hydrogen (secondary N) is 1. The summed E-state index contributed by atoms with van der Waals surface area (Å²) in [5, 5.41) is 3.02. The van der Waals surface area contributed by atoms with Gasteiger partial charge in [0.15, 0.2) is 0 Å². The van der Waals surface area contributed by atoms with E-state index in [1.807, 2.05) is 24.3 Å². The maximum Gasteiger partial charge on any atom is 0.256 e. The summed E-state index contributed by atoms with van der Waals surface area (Å²) in [7, 11) is 1.05. The summed E-state index contributed by atoms with van der Waals surface area (Å²) in [6, 6.07) is 7.46. The molecule has 5 heteroatoms. The first-order chi connectivity index (χ1) is 8.22. The molecule has 1 aliphatic rings. The minimum atomic E-state index is -0.750. The summed E-state index contributed by atoms with van der Waals surface area (Å²) >= 11 is 0. The average molecular weight is 252 g/mol. The summed E-state index contributed by atoms with van der Waals surface area (Å²) in [5.41, 5.74) is 1.52. The summed E-state index contributed by atoms with van der Waals surface area (Å²) < 4.78 is 11.3. The molecule has 0 aliphatic carbocycles. The van der Waals surface area contributed by atoms with Crippen LogP contribution in [0.4, 0.5) is 5.69 Å². The largest absolute Gasteiger partial charge is 0.387 e. The number of carbonyl (C=O) groups is 1. The van der Waals surface area contributed by atoms with Crippen molar-refractivity contribution in [1.82, 2.24) is 4.90 Å². The van der Waals surface area contributed by atoms with E-state index in [-0.39, 0.29) is 5.91 Å². The first-order valence-electron chi connectivity index (χ1n) is 5.63. The maximum atomic E-state index is 12.3. The minimum absolute atomic E-state index is 0.0200. The normalized spacial score (nSPS) is 16.9. The highest BCUT2D eigenvalue weighted by molar-refractivity contribution is 7.85. The average Bonchev–Trinajstić information content (AvgIpc) is 2.39. The van der Waals surface area contributed by atoms with Gasteiger partial charge < -0.3 is 10.2 Å². The number of anilines is 1. The van der Waals surface area contributed by atoms with E-state index in [2.05, 4.69) is 5.32 Å². The lowest BCUT2D eigenvalue weighted by molar-refractivity contribution is 0.0772. The predicted molar refractivity (Wildman–Crippen MR) is 69.8 cm³/mol. The molecule has 1 aromatic carbocycles. The van der Waals surface area contributed by atoms with Gasteiger partial charge in [-0.15, -0.1) is 0 Å². The Balaban J connectivity index is 2.16. The molecule has 1 N–H and O–H groups in total. The first kappa shape index (κ1) is 12.1. The molecule has 4 nitrogen and oxygen atoms in total. The van der Waals surface area contributed by atoms with Crippen LogP contribution in [0.15, 0.2) is 24.3 Å². The molecule has 2 rings (SSSR count). The highest BCUT2D eigenvalue weighted by Gasteiger charge is 2.22. The zero-order chi connectivity index (χ0) is 12.3. The lowest BCUT2D eigenvalue weighted by Gasteiger charge is -2.27. The van der Waals surface area contributed by atoms with Crippen LogP contribution >= 0.6 is 0 Å². The van der Waals surface area contributed by atoms with E-state index in [1.165, 1.54) is 0 Å². The second-order valence-electron chi connectivity index (χ2n) is 3.94. The molecule has 1 aliphatic heterocycles. The van der Waals surface area contributed by atoms with E-state index in [9.17, 15) is 9.00 Å². The number of nitrogens with zero attached hydrogens (tertiary/aromatic N) is 1. The van der Waals surface area contributed by atoms with Crippen molar-refractivity contribution in [3.05, 3.63) is 29.8 Å². The van der Waals surface area contributed by atoms with Crippen LogP contribution in [0.2, 0.25) is 0 Å². The lowest BCUT2D eigenvalue weighted by atomic mass is 10.1. The van der Waals surface area contributed by atoms with E-state index < -0.39 is 10.8 Å². The van der Waals surface area contributed by atoms with Gasteiger partial charge in [-0.1, -0.05) is 12.1 Å². The van der Waals surface area contributed by atoms with Gasteiger partial charge in [0.1, 0.15) is 0 Å². The Bertz CT molecular complexity index is 438. The Morgan fingerprint density at radius 2 is 1.94 bits per heavy atom. The second-order valence-corrected chi connectivity index (χ2v) is 5.63. The molecule has 92 valence electrons. The molecule has 0 unspecified atom stereocenters. The van der Waals surface area contributed by atoms with Gasteiger partial charge in [-0.25, -0.2) is 0 Å². The molecule has 1 aromatic rings. The molecular weight excluding hydrogens is 236 g/mol. The highest BCUT2D eigenvalue weighted by Crippen LogP contribution is 2.17. The molecule has 1 amide bonds. The van der Waals surface area contributed by atoms with E-state index >= 15 is 0 Å². The summed E-state index contributed by atoms with van der Waals surface area (Å²) in [4.78, 5) is 14.0. The van der Waals surface area contributed by atoms with Crippen LogP contribution < -0.4 is 5.32 Å². The van der Waals surface area contributed by atoms with Crippen molar-refractivity contribution in [2.24, 2.45) is 0 Å². The first-order valence-corrected chi connectivity index (χ1v) is 7.12. The van der Waals surface area contributed by atoms with Crippen LogP contribution in [-0.2, 0) is 10.8 Å². The number of carbonyl (C=O) groups excluding carboxylic acids is 1. The topological polar surface area (TPSA) is 49.4 Å². The van der Waals surface area contributed by atoms with E-state index in [0.29, 0.717) is 30.2 Å². The fourth-order valence-electron chi connectivity index (χ4n) is 1.90. The van der Waals surface area contributed by atoms with Crippen LogP contribution in [0.3, 0.4) is 0 Å². The molecular formula is C12H16N2O2S. The van der Waals surface area contributed by atoms with Crippen LogP contribution in [0.1, 0.15) is 10.4 Å². The molecule has 17 heavy (non-hydrogen) atoms. The van der Waals surface area contributed by atoms with Gasteiger partial charge in [-0.3, -0.25) is 9.00 Å².